The quantitative estimate of drug-likeness (QED) is 0.0414. The molecule has 338 valence electrons. The van der Waals surface area contributed by atoms with Crippen molar-refractivity contribution >= 4 is 5.91 Å². The topological polar surface area (TPSA) is 228 Å². The van der Waals surface area contributed by atoms with E-state index in [1.807, 2.05) is 0 Å². The summed E-state index contributed by atoms with van der Waals surface area (Å²) < 4.78 is 22.7. The van der Waals surface area contributed by atoms with E-state index in [4.69, 9.17) is 18.9 Å². The molecule has 0 aromatic rings. The average Bonchev–Trinajstić information content (AvgIpc) is 3.21. The van der Waals surface area contributed by atoms with Crippen molar-refractivity contribution in [3.8, 4) is 0 Å². The van der Waals surface area contributed by atoms with Crippen LogP contribution in [0.5, 0.6) is 0 Å². The predicted octanol–water partition coefficient (Wildman–Crippen LogP) is 4.27. The number of hydrogen-bond acceptors (Lipinski definition) is 13. The van der Waals surface area contributed by atoms with E-state index < -0.39 is 86.8 Å². The molecule has 14 nitrogen and oxygen atoms in total. The Morgan fingerprint density at radius 1 is 0.561 bits per heavy atom. The summed E-state index contributed by atoms with van der Waals surface area (Å²) in [7, 11) is 0. The van der Waals surface area contributed by atoms with E-state index in [0.29, 0.717) is 12.8 Å². The molecule has 2 heterocycles. The molecule has 4 unspecified atom stereocenters. The summed E-state index contributed by atoms with van der Waals surface area (Å²) in [5, 5.41) is 86.5. The number of unbranched alkanes of at least 4 members (excludes halogenated alkanes) is 21. The molecule has 2 fully saturated rings. The molecule has 0 spiro atoms. The van der Waals surface area contributed by atoms with Crippen LogP contribution in [0.3, 0.4) is 0 Å². The standard InChI is InChI=1S/C43H83NO13/c1-3-5-7-9-11-13-15-17-19-21-23-25-27-35(48)44-31(32(47)26-24-22-20-18-16-14-12-10-8-6-4-2)30-54-42-40(53)38(51)41(34(29-46)56-42)57-43-39(52)37(50)36(49)33(28-45)55-43/h31-34,36-43,45-47,49-53H,3-30H2,1-2H3,(H,44,48)/t31-,32+,33+,34+,36-,37?,38?,39?,40?,41+,42+,43-/m0/s1. The number of hydrogen-bond donors (Lipinski definition) is 9. The van der Waals surface area contributed by atoms with Crippen molar-refractivity contribution in [2.24, 2.45) is 0 Å². The molecule has 9 N–H and O–H groups in total. The monoisotopic (exact) mass is 822 g/mol. The molecule has 12 atom stereocenters. The lowest BCUT2D eigenvalue weighted by Gasteiger charge is -2.46. The lowest BCUT2D eigenvalue weighted by Crippen LogP contribution is -2.65. The summed E-state index contributed by atoms with van der Waals surface area (Å²) in [6.07, 6.45) is 11.1. The second-order valence-electron chi connectivity index (χ2n) is 16.5. The van der Waals surface area contributed by atoms with Gasteiger partial charge in [0.25, 0.3) is 0 Å². The average molecular weight is 822 g/mol. The first-order valence-corrected chi connectivity index (χ1v) is 22.8. The molecule has 0 saturated carbocycles. The SMILES string of the molecule is CCCCCCCCCCCCCCC(=O)N[C@@H](CO[C@@H]1O[C@H](CO)[C@@H](O[C@@H]2O[C@H](CO)[C@H](O)C(O)C2O)C(O)C1O)[C@H](O)CCCCCCCCCCCCC. The van der Waals surface area contributed by atoms with Gasteiger partial charge in [-0.25, -0.2) is 0 Å². The van der Waals surface area contributed by atoms with Crippen LogP contribution in [0.25, 0.3) is 0 Å². The molecule has 2 rings (SSSR count). The van der Waals surface area contributed by atoms with Crippen molar-refractivity contribution in [2.45, 2.75) is 248 Å². The fraction of sp³-hybridized carbons (Fsp3) is 0.977. The number of amides is 1. The van der Waals surface area contributed by atoms with E-state index in [-0.39, 0.29) is 12.5 Å². The molecular weight excluding hydrogens is 738 g/mol. The van der Waals surface area contributed by atoms with Crippen LogP contribution in [0.15, 0.2) is 0 Å². The van der Waals surface area contributed by atoms with Crippen molar-refractivity contribution in [1.82, 2.24) is 5.32 Å². The Labute approximate surface area is 343 Å². The first-order valence-electron chi connectivity index (χ1n) is 22.8. The highest BCUT2D eigenvalue weighted by atomic mass is 16.7. The minimum absolute atomic E-state index is 0.208. The Morgan fingerprint density at radius 2 is 1.00 bits per heavy atom. The number of carbonyl (C=O) groups excluding carboxylic acids is 1. The summed E-state index contributed by atoms with van der Waals surface area (Å²) in [4.78, 5) is 13.1. The molecule has 2 aliphatic rings. The molecule has 1 amide bonds. The highest BCUT2D eigenvalue weighted by molar-refractivity contribution is 5.76. The number of aliphatic hydroxyl groups is 8. The van der Waals surface area contributed by atoms with Gasteiger partial charge in [0, 0.05) is 6.42 Å². The lowest BCUT2D eigenvalue weighted by molar-refractivity contribution is -0.359. The lowest BCUT2D eigenvalue weighted by atomic mass is 9.97. The van der Waals surface area contributed by atoms with Gasteiger partial charge in [0.05, 0.1) is 32.0 Å². The Bertz CT molecular complexity index is 977. The minimum atomic E-state index is -1.78. The second kappa shape index (κ2) is 31.8. The molecule has 0 aromatic carbocycles. The maximum atomic E-state index is 13.1. The van der Waals surface area contributed by atoms with E-state index in [1.165, 1.54) is 96.3 Å². The van der Waals surface area contributed by atoms with Crippen LogP contribution in [-0.2, 0) is 23.7 Å². The summed E-state index contributed by atoms with van der Waals surface area (Å²) in [5.74, 6) is -0.208. The van der Waals surface area contributed by atoms with Gasteiger partial charge in [-0.15, -0.1) is 0 Å². The van der Waals surface area contributed by atoms with Gasteiger partial charge in [-0.1, -0.05) is 155 Å². The third-order valence-corrected chi connectivity index (χ3v) is 11.6. The second-order valence-corrected chi connectivity index (χ2v) is 16.5. The van der Waals surface area contributed by atoms with Crippen LogP contribution in [0, 0.1) is 0 Å². The Hall–Kier alpha value is -1.01. The molecule has 2 aliphatic heterocycles. The molecule has 2 saturated heterocycles. The molecular formula is C43H83NO13. The Kier molecular flexibility index (Phi) is 29.1. The van der Waals surface area contributed by atoms with Gasteiger partial charge in [0.1, 0.15) is 48.8 Å². The number of rotatable bonds is 34. The van der Waals surface area contributed by atoms with Gasteiger partial charge in [0.15, 0.2) is 12.6 Å². The zero-order valence-corrected chi connectivity index (χ0v) is 35.3. The van der Waals surface area contributed by atoms with Crippen LogP contribution < -0.4 is 5.32 Å². The summed E-state index contributed by atoms with van der Waals surface area (Å²) in [6, 6.07) is -0.818. The molecule has 0 aromatic heterocycles. The highest BCUT2D eigenvalue weighted by Crippen LogP contribution is 2.30. The van der Waals surface area contributed by atoms with Crippen molar-refractivity contribution in [3.63, 3.8) is 0 Å². The van der Waals surface area contributed by atoms with Crippen LogP contribution in [0.2, 0.25) is 0 Å². The van der Waals surface area contributed by atoms with E-state index >= 15 is 0 Å². The maximum Gasteiger partial charge on any atom is 0.220 e. The zero-order chi connectivity index (χ0) is 41.8. The summed E-state index contributed by atoms with van der Waals surface area (Å²) in [6.45, 7) is 2.81. The molecule has 57 heavy (non-hydrogen) atoms. The van der Waals surface area contributed by atoms with Crippen molar-refractivity contribution < 1.29 is 64.6 Å². The van der Waals surface area contributed by atoms with Crippen LogP contribution in [0.4, 0.5) is 0 Å². The van der Waals surface area contributed by atoms with Crippen LogP contribution >= 0.6 is 0 Å². The highest BCUT2D eigenvalue weighted by Gasteiger charge is 2.51. The zero-order valence-electron chi connectivity index (χ0n) is 35.3. The first-order chi connectivity index (χ1) is 27.6. The van der Waals surface area contributed by atoms with Crippen molar-refractivity contribution in [2.75, 3.05) is 19.8 Å². The van der Waals surface area contributed by atoms with E-state index in [9.17, 15) is 45.6 Å². The molecule has 14 heteroatoms. The van der Waals surface area contributed by atoms with Gasteiger partial charge in [-0.2, -0.15) is 0 Å². The number of nitrogens with one attached hydrogen (secondary N) is 1. The first kappa shape index (κ1) is 52.1. The Balaban J connectivity index is 1.89. The third-order valence-electron chi connectivity index (χ3n) is 11.6. The van der Waals surface area contributed by atoms with Crippen LogP contribution in [0.1, 0.15) is 174 Å². The van der Waals surface area contributed by atoms with Gasteiger partial charge < -0.3 is 65.1 Å². The van der Waals surface area contributed by atoms with Gasteiger partial charge in [0.2, 0.25) is 5.91 Å². The predicted molar refractivity (Wildman–Crippen MR) is 217 cm³/mol. The Morgan fingerprint density at radius 3 is 1.49 bits per heavy atom. The number of aliphatic hydroxyl groups excluding tert-OH is 8. The van der Waals surface area contributed by atoms with Gasteiger partial charge in [-0.3, -0.25) is 4.79 Å². The maximum absolute atomic E-state index is 13.1. The largest absolute Gasteiger partial charge is 0.394 e. The summed E-state index contributed by atoms with van der Waals surface area (Å²) in [5.41, 5.74) is 0. The van der Waals surface area contributed by atoms with E-state index in [0.717, 1.165) is 51.4 Å². The summed E-state index contributed by atoms with van der Waals surface area (Å²) >= 11 is 0. The number of ether oxygens (including phenoxy) is 4. The fourth-order valence-corrected chi connectivity index (χ4v) is 7.76. The normalized spacial score (nSPS) is 29.0. The fourth-order valence-electron chi connectivity index (χ4n) is 7.76. The van der Waals surface area contributed by atoms with E-state index in [2.05, 4.69) is 19.2 Å². The van der Waals surface area contributed by atoms with Gasteiger partial charge >= 0.3 is 0 Å². The third kappa shape index (κ3) is 20.4. The van der Waals surface area contributed by atoms with E-state index in [1.54, 1.807) is 0 Å². The van der Waals surface area contributed by atoms with Crippen LogP contribution in [-0.4, -0.2) is 140 Å². The van der Waals surface area contributed by atoms with Gasteiger partial charge in [-0.05, 0) is 12.8 Å². The molecule has 0 bridgehead atoms. The minimum Gasteiger partial charge on any atom is -0.394 e. The molecule has 0 radical (unpaired) electrons. The van der Waals surface area contributed by atoms with Crippen molar-refractivity contribution in [3.05, 3.63) is 0 Å². The smallest absolute Gasteiger partial charge is 0.220 e. The molecule has 0 aliphatic carbocycles. The number of carbonyl (C=O) groups is 1. The van der Waals surface area contributed by atoms with Crippen molar-refractivity contribution in [1.29, 1.82) is 0 Å².